The Labute approximate surface area is 150 Å². The van der Waals surface area contributed by atoms with E-state index in [4.69, 9.17) is 27.1 Å². The van der Waals surface area contributed by atoms with Crippen molar-refractivity contribution < 1.29 is 58.1 Å². The summed E-state index contributed by atoms with van der Waals surface area (Å²) < 4.78 is 24.8. The molecule has 1 aromatic rings. The molecule has 3 N–H and O–H groups in total. The number of halogens is 1. The molecule has 0 saturated heterocycles. The first-order valence-electron chi connectivity index (χ1n) is 5.38. The molecule has 114 valence electrons. The van der Waals surface area contributed by atoms with Gasteiger partial charge < -0.3 is 19.6 Å². The van der Waals surface area contributed by atoms with E-state index in [1.165, 1.54) is 12.1 Å². The van der Waals surface area contributed by atoms with Gasteiger partial charge in [0.15, 0.2) is 0 Å². The molecular weight excluding hydrogens is 333 g/mol. The van der Waals surface area contributed by atoms with Crippen LogP contribution in [0.4, 0.5) is 0 Å². The van der Waals surface area contributed by atoms with E-state index in [0.29, 0.717) is 0 Å². The van der Waals surface area contributed by atoms with Crippen molar-refractivity contribution in [3.8, 4) is 0 Å². The molecule has 0 radical (unpaired) electrons. The monoisotopic (exact) mass is 347 g/mol. The molecule has 1 rings (SSSR count). The Bertz CT molecular complexity index is 522. The molecule has 0 aromatic heterocycles. The predicted octanol–water partition coefficient (Wildman–Crippen LogP) is -1.97. The van der Waals surface area contributed by atoms with Crippen LogP contribution in [0.3, 0.4) is 0 Å². The van der Waals surface area contributed by atoms with E-state index in [0.717, 1.165) is 5.56 Å². The predicted molar refractivity (Wildman–Crippen MR) is 72.9 cm³/mol. The van der Waals surface area contributed by atoms with E-state index in [9.17, 15) is 13.2 Å². The van der Waals surface area contributed by atoms with Gasteiger partial charge in [-0.25, -0.2) is 8.42 Å². The summed E-state index contributed by atoms with van der Waals surface area (Å²) in [6.07, 6.45) is -1.51. The van der Waals surface area contributed by atoms with Crippen LogP contribution in [-0.4, -0.2) is 42.4 Å². The second-order valence-electron chi connectivity index (χ2n) is 3.79. The van der Waals surface area contributed by atoms with Gasteiger partial charge in [0.05, 0.1) is 19.1 Å². The number of aliphatic hydroxyl groups excluding tert-OH is 2. The number of benzene rings is 1. The molecule has 0 aliphatic heterocycles. The smallest absolute Gasteiger partial charge is 0.481 e. The quantitative estimate of drug-likeness (QED) is 0.530. The summed E-state index contributed by atoms with van der Waals surface area (Å²) in [6.45, 7) is 1.38. The van der Waals surface area contributed by atoms with Crippen molar-refractivity contribution in [2.24, 2.45) is 0 Å². The number of hydrogen-bond acceptors (Lipinski definition) is 5. The van der Waals surface area contributed by atoms with E-state index in [1.54, 1.807) is 12.1 Å². The maximum absolute atomic E-state index is 11.0. The van der Waals surface area contributed by atoms with Gasteiger partial charge >= 0.3 is 35.5 Å². The first kappa shape index (κ1) is 23.1. The van der Waals surface area contributed by atoms with Gasteiger partial charge in [0.1, 0.15) is 10.0 Å². The zero-order valence-electron chi connectivity index (χ0n) is 11.6. The van der Waals surface area contributed by atoms with Crippen LogP contribution in [0, 0.1) is 6.92 Å². The third-order valence-corrected chi connectivity index (χ3v) is 3.63. The van der Waals surface area contributed by atoms with Crippen LogP contribution in [0.2, 0.25) is 0 Å². The number of rotatable bonds is 5. The Hall–Kier alpha value is -0.190. The van der Waals surface area contributed by atoms with Crippen LogP contribution in [0.25, 0.3) is 4.24 Å². The van der Waals surface area contributed by atoms with Gasteiger partial charge in [0.25, 0.3) is 0 Å². The number of nitrogens with zero attached hydrogens (tertiary/aromatic N) is 1. The molecule has 0 spiro atoms. The third-order valence-electron chi connectivity index (χ3n) is 2.03. The minimum atomic E-state index is -3.62. The molecule has 0 bridgehead atoms. The maximum atomic E-state index is 11.0. The largest absolute Gasteiger partial charge is 1.00 e. The van der Waals surface area contributed by atoms with Crippen molar-refractivity contribution >= 4 is 27.8 Å². The van der Waals surface area contributed by atoms with Crippen molar-refractivity contribution in [2.45, 2.75) is 24.3 Å². The molecule has 7 nitrogen and oxygen atoms in total. The van der Waals surface area contributed by atoms with Crippen LogP contribution in [-0.2, 0) is 14.8 Å². The zero-order valence-corrected chi connectivity index (χ0v) is 15.2. The van der Waals surface area contributed by atoms with Crippen LogP contribution >= 0.6 is 11.8 Å². The topological polar surface area (TPSA) is 126 Å². The minimum Gasteiger partial charge on any atom is -0.481 e. The van der Waals surface area contributed by atoms with Crippen molar-refractivity contribution in [3.63, 3.8) is 0 Å². The fourth-order valence-corrected chi connectivity index (χ4v) is 1.81. The Balaban J connectivity index is 0. The molecule has 21 heavy (non-hydrogen) atoms. The summed E-state index contributed by atoms with van der Waals surface area (Å²) in [4.78, 5) is 9.81. The number of aliphatic hydroxyl groups is 2. The number of hydrogen-bond donors (Lipinski definition) is 3. The second kappa shape index (κ2) is 11.4. The number of carboxylic acid groups (broad SMARTS) is 1. The third kappa shape index (κ3) is 10.2. The average Bonchev–Trinajstić information content (AvgIpc) is 2.39. The van der Waals surface area contributed by atoms with Crippen LogP contribution in [0.15, 0.2) is 29.2 Å². The molecule has 1 atom stereocenters. The van der Waals surface area contributed by atoms with E-state index in [1.807, 2.05) is 6.92 Å². The number of carboxylic acids is 1. The molecule has 0 heterocycles. The number of aliphatic carboxylic acids is 1. The summed E-state index contributed by atoms with van der Waals surface area (Å²) in [5.74, 6) is -1.11. The number of carbonyl (C=O) groups is 1. The Morgan fingerprint density at radius 1 is 1.33 bits per heavy atom. The maximum Gasteiger partial charge on any atom is 1.00 e. The summed E-state index contributed by atoms with van der Waals surface area (Å²) >= 11 is 4.90. The molecule has 10 heteroatoms. The van der Waals surface area contributed by atoms with Crippen molar-refractivity contribution in [2.75, 3.05) is 6.61 Å². The molecule has 0 aliphatic carbocycles. The molecule has 0 amide bonds. The van der Waals surface area contributed by atoms with Gasteiger partial charge in [0.2, 0.25) is 0 Å². The molecule has 0 saturated carbocycles. The SMILES string of the molecule is Cc1ccc(S(=O)(=O)[N-]Cl)cc1.O=C(O)CC(O)CO.[Na+]. The fourth-order valence-electron chi connectivity index (χ4n) is 1.02. The van der Waals surface area contributed by atoms with Crippen LogP contribution < -0.4 is 29.6 Å². The van der Waals surface area contributed by atoms with Crippen LogP contribution in [0.1, 0.15) is 12.0 Å². The Kier molecular flexibility index (Phi) is 12.5. The van der Waals surface area contributed by atoms with Crippen LogP contribution in [0.5, 0.6) is 0 Å². The summed E-state index contributed by atoms with van der Waals surface area (Å²) in [5.41, 5.74) is 0.989. The van der Waals surface area contributed by atoms with Gasteiger partial charge in [-0.1, -0.05) is 17.7 Å². The first-order valence-corrected chi connectivity index (χ1v) is 7.16. The van der Waals surface area contributed by atoms with E-state index in [2.05, 4.69) is 4.24 Å². The number of sulfonamides is 1. The molecule has 0 fully saturated rings. The van der Waals surface area contributed by atoms with E-state index < -0.39 is 35.1 Å². The molecule has 1 aromatic carbocycles. The zero-order chi connectivity index (χ0) is 15.8. The number of aryl methyl sites for hydroxylation is 1. The van der Waals surface area contributed by atoms with Gasteiger partial charge in [-0.3, -0.25) is 16.6 Å². The summed E-state index contributed by atoms with van der Waals surface area (Å²) in [6, 6.07) is 6.32. The van der Waals surface area contributed by atoms with Gasteiger partial charge in [-0.15, -0.1) is 0 Å². The summed E-state index contributed by atoms with van der Waals surface area (Å²) in [7, 11) is -3.62. The van der Waals surface area contributed by atoms with Gasteiger partial charge in [-0.05, 0) is 19.1 Å². The van der Waals surface area contributed by atoms with Crippen molar-refractivity contribution in [1.29, 1.82) is 0 Å². The van der Waals surface area contributed by atoms with Crippen molar-refractivity contribution in [1.82, 2.24) is 0 Å². The standard InChI is InChI=1S/C7H7ClNO2S.C4H8O4.Na/c1-6-2-4-7(5-3-6)12(10,11)9-8;5-2-3(6)1-4(7)8;/h2-5H,1H3;3,5-6H,1-2H2,(H,7,8);/q-1;;+1. The minimum absolute atomic E-state index is 0. The van der Waals surface area contributed by atoms with Gasteiger partial charge in [-0.2, -0.15) is 0 Å². The molecular formula is C11H15ClNNaO6S. The Morgan fingerprint density at radius 2 is 1.81 bits per heavy atom. The van der Waals surface area contributed by atoms with Crippen molar-refractivity contribution in [3.05, 3.63) is 34.1 Å². The van der Waals surface area contributed by atoms with Gasteiger partial charge in [0, 0.05) is 4.90 Å². The van der Waals surface area contributed by atoms with E-state index in [-0.39, 0.29) is 34.5 Å². The average molecular weight is 348 g/mol. The molecule has 0 aliphatic rings. The first-order chi connectivity index (χ1) is 9.22. The normalized spacial score (nSPS) is 11.6. The molecule has 1 unspecified atom stereocenters. The Morgan fingerprint density at radius 3 is 2.10 bits per heavy atom. The van der Waals surface area contributed by atoms with E-state index >= 15 is 0 Å². The fraction of sp³-hybridized carbons (Fsp3) is 0.364. The second-order valence-corrected chi connectivity index (χ2v) is 5.76. The summed E-state index contributed by atoms with van der Waals surface area (Å²) in [5, 5.41) is 24.4.